The Morgan fingerprint density at radius 2 is 2.16 bits per heavy atom. The molecule has 1 aliphatic rings. The molecule has 0 aromatic heterocycles. The number of carbonyl (C=O) groups excluding carboxylic acids is 1. The summed E-state index contributed by atoms with van der Waals surface area (Å²) in [5.41, 5.74) is 1.15. The molecule has 2 unspecified atom stereocenters. The van der Waals surface area contributed by atoms with E-state index in [0.29, 0.717) is 11.8 Å². The van der Waals surface area contributed by atoms with Crippen LogP contribution in [0.25, 0.3) is 0 Å². The van der Waals surface area contributed by atoms with Gasteiger partial charge in [-0.3, -0.25) is 4.79 Å². The second-order valence-electron chi connectivity index (χ2n) is 5.29. The molecule has 0 spiro atoms. The van der Waals surface area contributed by atoms with Gasteiger partial charge in [-0.15, -0.1) is 0 Å². The quantitative estimate of drug-likeness (QED) is 0.754. The Labute approximate surface area is 124 Å². The zero-order chi connectivity index (χ0) is 13.7. The summed E-state index contributed by atoms with van der Waals surface area (Å²) >= 11 is 3.49. The minimum atomic E-state index is 0.0314. The molecular weight excluding hydrogens is 302 g/mol. The van der Waals surface area contributed by atoms with Gasteiger partial charge in [-0.25, -0.2) is 0 Å². The van der Waals surface area contributed by atoms with Crippen LogP contribution in [0.1, 0.15) is 37.7 Å². The third-order valence-corrected chi connectivity index (χ3v) is 4.48. The lowest BCUT2D eigenvalue weighted by Gasteiger charge is -2.23. The van der Waals surface area contributed by atoms with Crippen molar-refractivity contribution in [1.82, 2.24) is 4.90 Å². The fourth-order valence-corrected chi connectivity index (χ4v) is 3.53. The molecule has 104 valence electrons. The van der Waals surface area contributed by atoms with Crippen LogP contribution in [0, 0.1) is 5.92 Å². The van der Waals surface area contributed by atoms with Crippen LogP contribution >= 0.6 is 15.9 Å². The summed E-state index contributed by atoms with van der Waals surface area (Å²) < 4.78 is 0. The number of benzene rings is 1. The maximum absolute atomic E-state index is 12.6. The van der Waals surface area contributed by atoms with Gasteiger partial charge >= 0.3 is 0 Å². The van der Waals surface area contributed by atoms with Gasteiger partial charge in [-0.1, -0.05) is 53.2 Å². The Bertz CT molecular complexity index is 406. The highest BCUT2D eigenvalue weighted by Gasteiger charge is 2.30. The lowest BCUT2D eigenvalue weighted by Crippen LogP contribution is -2.33. The fourth-order valence-electron chi connectivity index (χ4n) is 2.88. The van der Waals surface area contributed by atoms with Gasteiger partial charge in [0.15, 0.2) is 0 Å². The van der Waals surface area contributed by atoms with Crippen molar-refractivity contribution >= 4 is 21.8 Å². The standard InChI is InChI=1S/C16H22BrNO/c1-2-15(14-6-4-3-5-7-14)16(19)18-11-9-13(12-18)8-10-17/h3-7,13,15H,2,8-12H2,1H3. The number of hydrogen-bond acceptors (Lipinski definition) is 1. The maximum Gasteiger partial charge on any atom is 0.230 e. The molecule has 1 aromatic carbocycles. The van der Waals surface area contributed by atoms with E-state index in [1.807, 2.05) is 18.2 Å². The molecule has 3 heteroatoms. The van der Waals surface area contributed by atoms with E-state index in [0.717, 1.165) is 36.8 Å². The van der Waals surface area contributed by atoms with E-state index in [9.17, 15) is 4.79 Å². The fraction of sp³-hybridized carbons (Fsp3) is 0.562. The first-order valence-corrected chi connectivity index (χ1v) is 8.28. The zero-order valence-corrected chi connectivity index (χ0v) is 13.1. The van der Waals surface area contributed by atoms with Gasteiger partial charge in [0, 0.05) is 18.4 Å². The molecule has 1 fully saturated rings. The highest BCUT2D eigenvalue weighted by molar-refractivity contribution is 9.09. The van der Waals surface area contributed by atoms with E-state index < -0.39 is 0 Å². The lowest BCUT2D eigenvalue weighted by atomic mass is 9.95. The van der Waals surface area contributed by atoms with Crippen LogP contribution in [0.3, 0.4) is 0 Å². The van der Waals surface area contributed by atoms with Crippen LogP contribution in [0.4, 0.5) is 0 Å². The van der Waals surface area contributed by atoms with E-state index >= 15 is 0 Å². The van der Waals surface area contributed by atoms with Gasteiger partial charge in [0.1, 0.15) is 0 Å². The van der Waals surface area contributed by atoms with Crippen molar-refractivity contribution < 1.29 is 4.79 Å². The van der Waals surface area contributed by atoms with Crippen molar-refractivity contribution in [2.24, 2.45) is 5.92 Å². The minimum Gasteiger partial charge on any atom is -0.342 e. The molecule has 1 aliphatic heterocycles. The topological polar surface area (TPSA) is 20.3 Å². The summed E-state index contributed by atoms with van der Waals surface area (Å²) in [5.74, 6) is 1.02. The Kier molecular flexibility index (Phi) is 5.44. The third kappa shape index (κ3) is 3.59. The van der Waals surface area contributed by atoms with E-state index in [1.165, 1.54) is 6.42 Å². The molecule has 0 N–H and O–H groups in total. The summed E-state index contributed by atoms with van der Waals surface area (Å²) in [6.07, 6.45) is 3.21. The maximum atomic E-state index is 12.6. The van der Waals surface area contributed by atoms with E-state index in [-0.39, 0.29) is 5.92 Å². The van der Waals surface area contributed by atoms with Crippen molar-refractivity contribution in [3.63, 3.8) is 0 Å². The molecule has 1 amide bonds. The summed E-state index contributed by atoms with van der Waals surface area (Å²) in [4.78, 5) is 14.7. The van der Waals surface area contributed by atoms with Gasteiger partial charge in [0.25, 0.3) is 0 Å². The summed E-state index contributed by atoms with van der Waals surface area (Å²) in [6, 6.07) is 10.2. The Morgan fingerprint density at radius 3 is 2.79 bits per heavy atom. The number of carbonyl (C=O) groups is 1. The average molecular weight is 324 g/mol. The monoisotopic (exact) mass is 323 g/mol. The van der Waals surface area contributed by atoms with Crippen molar-refractivity contribution in [3.8, 4) is 0 Å². The molecule has 0 bridgehead atoms. The van der Waals surface area contributed by atoms with Gasteiger partial charge < -0.3 is 4.90 Å². The highest BCUT2D eigenvalue weighted by Crippen LogP contribution is 2.27. The van der Waals surface area contributed by atoms with Crippen molar-refractivity contribution in [2.45, 2.75) is 32.1 Å². The van der Waals surface area contributed by atoms with Crippen molar-refractivity contribution in [2.75, 3.05) is 18.4 Å². The number of hydrogen-bond donors (Lipinski definition) is 0. The Hall–Kier alpha value is -0.830. The largest absolute Gasteiger partial charge is 0.342 e. The Balaban J connectivity index is 2.02. The van der Waals surface area contributed by atoms with E-state index in [2.05, 4.69) is 39.9 Å². The molecule has 1 aromatic rings. The zero-order valence-electron chi connectivity index (χ0n) is 11.5. The predicted molar refractivity (Wildman–Crippen MR) is 82.6 cm³/mol. The first kappa shape index (κ1) is 14.6. The van der Waals surface area contributed by atoms with E-state index in [4.69, 9.17) is 0 Å². The molecule has 0 aliphatic carbocycles. The molecular formula is C16H22BrNO. The first-order chi connectivity index (χ1) is 9.26. The number of rotatable bonds is 5. The molecule has 2 nitrogen and oxygen atoms in total. The lowest BCUT2D eigenvalue weighted by molar-refractivity contribution is -0.132. The molecule has 1 heterocycles. The second kappa shape index (κ2) is 7.09. The van der Waals surface area contributed by atoms with Crippen LogP contribution in [-0.4, -0.2) is 29.2 Å². The normalized spacial score (nSPS) is 20.5. The SMILES string of the molecule is CCC(C(=O)N1CCC(CCBr)C1)c1ccccc1. The predicted octanol–water partition coefficient (Wildman–Crippen LogP) is 3.81. The van der Waals surface area contributed by atoms with Crippen LogP contribution in [0.2, 0.25) is 0 Å². The van der Waals surface area contributed by atoms with Gasteiger partial charge in [-0.05, 0) is 30.7 Å². The summed E-state index contributed by atoms with van der Waals surface area (Å²) in [6.45, 7) is 3.97. The van der Waals surface area contributed by atoms with Crippen molar-refractivity contribution in [3.05, 3.63) is 35.9 Å². The number of halogens is 1. The first-order valence-electron chi connectivity index (χ1n) is 7.16. The van der Waals surface area contributed by atoms with Crippen LogP contribution in [0.15, 0.2) is 30.3 Å². The molecule has 0 radical (unpaired) electrons. The molecule has 2 atom stereocenters. The smallest absolute Gasteiger partial charge is 0.230 e. The van der Waals surface area contributed by atoms with Gasteiger partial charge in [0.2, 0.25) is 5.91 Å². The number of amides is 1. The van der Waals surface area contributed by atoms with Crippen LogP contribution < -0.4 is 0 Å². The summed E-state index contributed by atoms with van der Waals surface area (Å²) in [7, 11) is 0. The number of likely N-dealkylation sites (tertiary alicyclic amines) is 1. The minimum absolute atomic E-state index is 0.0314. The molecule has 19 heavy (non-hydrogen) atoms. The molecule has 1 saturated heterocycles. The number of alkyl halides is 1. The van der Waals surface area contributed by atoms with Crippen LogP contribution in [0.5, 0.6) is 0 Å². The highest BCUT2D eigenvalue weighted by atomic mass is 79.9. The second-order valence-corrected chi connectivity index (χ2v) is 6.08. The van der Waals surface area contributed by atoms with Crippen LogP contribution in [-0.2, 0) is 4.79 Å². The molecule has 2 rings (SSSR count). The van der Waals surface area contributed by atoms with Gasteiger partial charge in [0.05, 0.1) is 5.92 Å². The summed E-state index contributed by atoms with van der Waals surface area (Å²) in [5, 5.41) is 1.04. The molecule has 0 saturated carbocycles. The van der Waals surface area contributed by atoms with Gasteiger partial charge in [-0.2, -0.15) is 0 Å². The van der Waals surface area contributed by atoms with Crippen molar-refractivity contribution in [1.29, 1.82) is 0 Å². The average Bonchev–Trinajstić information content (AvgIpc) is 2.90. The Morgan fingerprint density at radius 1 is 1.42 bits per heavy atom. The third-order valence-electron chi connectivity index (χ3n) is 4.02. The number of nitrogens with zero attached hydrogens (tertiary/aromatic N) is 1. The van der Waals surface area contributed by atoms with E-state index in [1.54, 1.807) is 0 Å².